The number of esters is 1. The largest absolute Gasteiger partial charge is 0.451 e. The highest BCUT2D eigenvalue weighted by Gasteiger charge is 2.27. The second-order valence-corrected chi connectivity index (χ2v) is 8.29. The van der Waals surface area contributed by atoms with E-state index in [4.69, 9.17) is 4.74 Å². The average molecular weight is 413 g/mol. The Morgan fingerprint density at radius 3 is 2.48 bits per heavy atom. The topological polar surface area (TPSA) is 63.7 Å². The van der Waals surface area contributed by atoms with Gasteiger partial charge in [0, 0.05) is 24.7 Å². The van der Waals surface area contributed by atoms with Crippen molar-refractivity contribution in [3.8, 4) is 0 Å². The van der Waals surface area contributed by atoms with E-state index < -0.39 is 12.1 Å². The van der Waals surface area contributed by atoms with Gasteiger partial charge in [0.1, 0.15) is 0 Å². The first kappa shape index (κ1) is 19.5. The van der Waals surface area contributed by atoms with E-state index in [2.05, 4.69) is 6.07 Å². The molecular weight excluding hydrogens is 390 g/mol. The number of aryl methyl sites for hydroxylation is 2. The van der Waals surface area contributed by atoms with Crippen LogP contribution in [0.4, 0.5) is 5.69 Å². The van der Waals surface area contributed by atoms with Crippen LogP contribution in [-0.4, -0.2) is 30.3 Å². The Kier molecular flexibility index (Phi) is 4.62. The number of carbonyl (C=O) groups excluding carboxylic acids is 3. The van der Waals surface area contributed by atoms with Gasteiger partial charge in [-0.3, -0.25) is 9.59 Å². The molecule has 0 saturated carbocycles. The van der Waals surface area contributed by atoms with Gasteiger partial charge in [-0.1, -0.05) is 24.3 Å². The van der Waals surface area contributed by atoms with Crippen LogP contribution in [0.3, 0.4) is 0 Å². The third-order valence-electron chi connectivity index (χ3n) is 6.39. The molecule has 1 aliphatic carbocycles. The monoisotopic (exact) mass is 413 g/mol. The molecule has 5 nitrogen and oxygen atoms in total. The van der Waals surface area contributed by atoms with Gasteiger partial charge in [0.2, 0.25) is 11.7 Å². The molecule has 2 aliphatic rings. The lowest BCUT2D eigenvalue weighted by molar-refractivity contribution is -0.116. The van der Waals surface area contributed by atoms with Crippen LogP contribution in [0.25, 0.3) is 10.8 Å². The van der Waals surface area contributed by atoms with Gasteiger partial charge in [-0.2, -0.15) is 0 Å². The van der Waals surface area contributed by atoms with E-state index >= 15 is 0 Å². The Morgan fingerprint density at radius 1 is 0.935 bits per heavy atom. The van der Waals surface area contributed by atoms with Crippen LogP contribution in [0, 0.1) is 0 Å². The number of anilines is 1. The van der Waals surface area contributed by atoms with E-state index in [0.29, 0.717) is 24.1 Å². The predicted octanol–water partition coefficient (Wildman–Crippen LogP) is 4.28. The van der Waals surface area contributed by atoms with Crippen molar-refractivity contribution in [1.29, 1.82) is 0 Å². The molecule has 1 amide bonds. The molecule has 5 heteroatoms. The van der Waals surface area contributed by atoms with Crippen LogP contribution in [0.1, 0.15) is 51.3 Å². The van der Waals surface area contributed by atoms with Gasteiger partial charge in [0.25, 0.3) is 0 Å². The molecule has 3 aromatic carbocycles. The first-order valence-electron chi connectivity index (χ1n) is 10.6. The summed E-state index contributed by atoms with van der Waals surface area (Å²) in [5.41, 5.74) is 5.31. The van der Waals surface area contributed by atoms with E-state index in [-0.39, 0.29) is 11.7 Å². The van der Waals surface area contributed by atoms with Crippen molar-refractivity contribution in [1.82, 2.24) is 0 Å². The fraction of sp³-hybridized carbons (Fsp3) is 0.269. The number of amides is 1. The maximum Gasteiger partial charge on any atom is 0.339 e. The summed E-state index contributed by atoms with van der Waals surface area (Å²) in [6.07, 6.45) is 1.78. The molecule has 5 rings (SSSR count). The molecule has 31 heavy (non-hydrogen) atoms. The highest BCUT2D eigenvalue weighted by molar-refractivity contribution is 6.08. The van der Waals surface area contributed by atoms with Crippen LogP contribution < -0.4 is 4.90 Å². The van der Waals surface area contributed by atoms with Crippen LogP contribution >= 0.6 is 0 Å². The minimum Gasteiger partial charge on any atom is -0.451 e. The number of fused-ring (bicyclic) bond motifs is 1. The van der Waals surface area contributed by atoms with Crippen LogP contribution in [0.15, 0.2) is 48.5 Å². The standard InChI is InChI=1S/C26H23NO4/c1-15(25(29)20-9-11-23-19(14-20)12-13-27(23)16(2)28)31-26(30)22-10-8-18-7-6-17-4-3-5-21(22)24(17)18/h3-5,8-11,14-15H,6-7,12-13H2,1-2H3/t15-/m1/s1. The molecule has 0 spiro atoms. The Balaban J connectivity index is 1.37. The summed E-state index contributed by atoms with van der Waals surface area (Å²) in [5.74, 6) is -0.741. The van der Waals surface area contributed by atoms with E-state index in [0.717, 1.165) is 34.9 Å². The third kappa shape index (κ3) is 3.21. The summed E-state index contributed by atoms with van der Waals surface area (Å²) in [4.78, 5) is 39.3. The number of benzene rings is 3. The second kappa shape index (κ2) is 7.34. The summed E-state index contributed by atoms with van der Waals surface area (Å²) in [7, 11) is 0. The van der Waals surface area contributed by atoms with Crippen molar-refractivity contribution in [3.05, 3.63) is 76.3 Å². The third-order valence-corrected chi connectivity index (χ3v) is 6.39. The molecule has 1 atom stereocenters. The predicted molar refractivity (Wildman–Crippen MR) is 119 cm³/mol. The van der Waals surface area contributed by atoms with Crippen LogP contribution in [0.5, 0.6) is 0 Å². The van der Waals surface area contributed by atoms with Crippen molar-refractivity contribution in [2.75, 3.05) is 11.4 Å². The number of ketones is 1. The number of rotatable bonds is 4. The SMILES string of the molecule is CC(=O)N1CCc2cc(C(=O)[C@@H](C)OC(=O)c3ccc4c5c(cccc35)CC4)ccc21. The number of carbonyl (C=O) groups is 3. The second-order valence-electron chi connectivity index (χ2n) is 8.29. The first-order chi connectivity index (χ1) is 14.9. The van der Waals surface area contributed by atoms with E-state index in [1.807, 2.05) is 24.3 Å². The molecule has 0 bridgehead atoms. The zero-order valence-corrected chi connectivity index (χ0v) is 17.6. The summed E-state index contributed by atoms with van der Waals surface area (Å²) in [5, 5.41) is 2.03. The van der Waals surface area contributed by atoms with Gasteiger partial charge in [0.05, 0.1) is 5.56 Å². The molecule has 0 unspecified atom stereocenters. The van der Waals surface area contributed by atoms with Crippen molar-refractivity contribution in [2.24, 2.45) is 0 Å². The minimum atomic E-state index is -0.904. The number of nitrogens with zero attached hydrogens (tertiary/aromatic N) is 1. The summed E-state index contributed by atoms with van der Waals surface area (Å²) < 4.78 is 5.59. The van der Waals surface area contributed by atoms with Crippen molar-refractivity contribution in [2.45, 2.75) is 39.2 Å². The van der Waals surface area contributed by atoms with Crippen LogP contribution in [-0.2, 0) is 28.8 Å². The Hall–Kier alpha value is -3.47. The highest BCUT2D eigenvalue weighted by atomic mass is 16.5. The zero-order chi connectivity index (χ0) is 21.7. The number of ether oxygens (including phenoxy) is 1. The van der Waals surface area contributed by atoms with Gasteiger partial charge in [0.15, 0.2) is 6.10 Å². The molecular formula is C26H23NO4. The molecule has 0 saturated heterocycles. The smallest absolute Gasteiger partial charge is 0.339 e. The normalized spacial score (nSPS) is 15.1. The average Bonchev–Trinajstić information content (AvgIpc) is 3.38. The quantitative estimate of drug-likeness (QED) is 0.473. The van der Waals surface area contributed by atoms with Gasteiger partial charge in [-0.05, 0) is 77.9 Å². The highest BCUT2D eigenvalue weighted by Crippen LogP contribution is 2.33. The lowest BCUT2D eigenvalue weighted by Crippen LogP contribution is -2.26. The molecule has 0 fully saturated rings. The Morgan fingerprint density at radius 2 is 1.71 bits per heavy atom. The van der Waals surface area contributed by atoms with Crippen LogP contribution in [0.2, 0.25) is 0 Å². The molecule has 3 aromatic rings. The molecule has 0 aromatic heterocycles. The fourth-order valence-electron chi connectivity index (χ4n) is 4.82. The number of hydrogen-bond donors (Lipinski definition) is 0. The Labute approximate surface area is 180 Å². The van der Waals surface area contributed by atoms with Crippen molar-refractivity contribution >= 4 is 34.1 Å². The number of hydrogen-bond acceptors (Lipinski definition) is 4. The molecule has 0 radical (unpaired) electrons. The minimum absolute atomic E-state index is 0.00881. The summed E-state index contributed by atoms with van der Waals surface area (Å²) in [6, 6.07) is 15.1. The lowest BCUT2D eigenvalue weighted by atomic mass is 10.00. The zero-order valence-electron chi connectivity index (χ0n) is 17.6. The maximum absolute atomic E-state index is 13.0. The number of Topliss-reactive ketones (excluding diaryl/α,β-unsaturated/α-hetero) is 1. The molecule has 0 N–H and O–H groups in total. The molecule has 1 aliphatic heterocycles. The maximum atomic E-state index is 13.0. The van der Waals surface area contributed by atoms with E-state index in [1.165, 1.54) is 18.1 Å². The van der Waals surface area contributed by atoms with E-state index in [1.54, 1.807) is 30.0 Å². The van der Waals surface area contributed by atoms with Crippen molar-refractivity contribution in [3.63, 3.8) is 0 Å². The van der Waals surface area contributed by atoms with Gasteiger partial charge in [-0.15, -0.1) is 0 Å². The van der Waals surface area contributed by atoms with Gasteiger partial charge < -0.3 is 9.64 Å². The molecule has 1 heterocycles. The van der Waals surface area contributed by atoms with Crippen molar-refractivity contribution < 1.29 is 19.1 Å². The first-order valence-corrected chi connectivity index (χ1v) is 10.6. The van der Waals surface area contributed by atoms with Gasteiger partial charge >= 0.3 is 5.97 Å². The lowest BCUT2D eigenvalue weighted by Gasteiger charge is -2.16. The van der Waals surface area contributed by atoms with Gasteiger partial charge in [-0.25, -0.2) is 4.79 Å². The summed E-state index contributed by atoms with van der Waals surface area (Å²) >= 11 is 0. The fourth-order valence-corrected chi connectivity index (χ4v) is 4.82. The van der Waals surface area contributed by atoms with E-state index in [9.17, 15) is 14.4 Å². The summed E-state index contributed by atoms with van der Waals surface area (Å²) in [6.45, 7) is 3.77. The molecule has 156 valence electrons. The Bertz CT molecular complexity index is 1250.